The van der Waals surface area contributed by atoms with Crippen LogP contribution in [0.5, 0.6) is 0 Å². The van der Waals surface area contributed by atoms with Crippen LogP contribution in [-0.4, -0.2) is 57.1 Å². The molecule has 1 atom stereocenters. The average molecular weight is 488 g/mol. The van der Waals surface area contributed by atoms with E-state index >= 15 is 0 Å². The molecule has 0 aliphatic rings. The molecule has 0 radical (unpaired) electrons. The fourth-order valence-corrected chi connectivity index (χ4v) is 4.60. The van der Waals surface area contributed by atoms with E-state index in [0.29, 0.717) is 31.6 Å². The maximum atomic E-state index is 13.6. The number of carbonyl (C=O) groups is 2. The Kier molecular flexibility index (Phi) is 10.1. The highest BCUT2D eigenvalue weighted by Gasteiger charge is 2.31. The number of rotatable bonds is 12. The molecule has 7 nitrogen and oxygen atoms in total. The van der Waals surface area contributed by atoms with Crippen molar-refractivity contribution in [1.82, 2.24) is 10.2 Å². The van der Waals surface area contributed by atoms with Gasteiger partial charge in [0.25, 0.3) is 0 Å². The second-order valence-corrected chi connectivity index (χ2v) is 10.5. The smallest absolute Gasteiger partial charge is 0.244 e. The zero-order valence-electron chi connectivity index (χ0n) is 20.9. The van der Waals surface area contributed by atoms with E-state index in [2.05, 4.69) is 5.32 Å². The van der Waals surface area contributed by atoms with Crippen LogP contribution in [0.4, 0.5) is 5.69 Å². The summed E-state index contributed by atoms with van der Waals surface area (Å²) in [5, 5.41) is 2.88. The summed E-state index contributed by atoms with van der Waals surface area (Å²) in [7, 11) is -3.72. The molecule has 0 saturated heterocycles. The van der Waals surface area contributed by atoms with E-state index in [4.69, 9.17) is 0 Å². The molecule has 0 fully saturated rings. The fourth-order valence-electron chi connectivity index (χ4n) is 3.76. The van der Waals surface area contributed by atoms with Gasteiger partial charge >= 0.3 is 0 Å². The highest BCUT2D eigenvalue weighted by atomic mass is 32.2. The second-order valence-electron chi connectivity index (χ2n) is 8.58. The van der Waals surface area contributed by atoms with E-state index in [9.17, 15) is 18.0 Å². The topological polar surface area (TPSA) is 86.8 Å². The predicted octanol–water partition coefficient (Wildman–Crippen LogP) is 3.45. The first-order chi connectivity index (χ1) is 16.1. The molecule has 1 unspecified atom stereocenters. The lowest BCUT2D eigenvalue weighted by molar-refractivity contribution is -0.139. The van der Waals surface area contributed by atoms with Crippen molar-refractivity contribution in [3.05, 3.63) is 65.2 Å². The lowest BCUT2D eigenvalue weighted by Gasteiger charge is -2.33. The molecule has 1 N–H and O–H groups in total. The zero-order valence-corrected chi connectivity index (χ0v) is 21.7. The van der Waals surface area contributed by atoms with E-state index in [-0.39, 0.29) is 12.5 Å². The van der Waals surface area contributed by atoms with Crippen molar-refractivity contribution in [2.75, 3.05) is 30.2 Å². The molecule has 0 saturated carbocycles. The second kappa shape index (κ2) is 12.6. The molecule has 0 spiro atoms. The van der Waals surface area contributed by atoms with Gasteiger partial charge in [-0.2, -0.15) is 0 Å². The summed E-state index contributed by atoms with van der Waals surface area (Å²) in [5.74, 6) is -0.624. The SMILES string of the molecule is CCCNC(=O)C(CC)N(CCc1ccccc1)C(=O)CN(c1ccc(C)c(C)c1)S(C)(=O)=O. The Balaban J connectivity index is 2.36. The number of aryl methyl sites for hydroxylation is 2. The van der Waals surface area contributed by atoms with Crippen molar-refractivity contribution >= 4 is 27.5 Å². The summed E-state index contributed by atoms with van der Waals surface area (Å²) < 4.78 is 26.4. The summed E-state index contributed by atoms with van der Waals surface area (Å²) in [5.41, 5.74) is 3.44. The molecule has 186 valence electrons. The molecular weight excluding hydrogens is 450 g/mol. The molecule has 0 aliphatic heterocycles. The van der Waals surface area contributed by atoms with Crippen LogP contribution in [0.15, 0.2) is 48.5 Å². The van der Waals surface area contributed by atoms with Gasteiger partial charge in [-0.3, -0.25) is 13.9 Å². The number of nitrogens with one attached hydrogen (secondary N) is 1. The zero-order chi connectivity index (χ0) is 25.3. The van der Waals surface area contributed by atoms with Crippen molar-refractivity contribution in [2.45, 2.75) is 53.0 Å². The lowest BCUT2D eigenvalue weighted by atomic mass is 10.1. The minimum Gasteiger partial charge on any atom is -0.354 e. The number of hydrogen-bond acceptors (Lipinski definition) is 4. The van der Waals surface area contributed by atoms with Crippen LogP contribution in [0, 0.1) is 13.8 Å². The van der Waals surface area contributed by atoms with E-state index in [1.165, 1.54) is 4.90 Å². The van der Waals surface area contributed by atoms with Crippen molar-refractivity contribution in [2.24, 2.45) is 0 Å². The van der Waals surface area contributed by atoms with Gasteiger partial charge in [0.1, 0.15) is 12.6 Å². The van der Waals surface area contributed by atoms with Gasteiger partial charge in [-0.25, -0.2) is 8.42 Å². The Morgan fingerprint density at radius 2 is 1.68 bits per heavy atom. The standard InChI is InChI=1S/C26H37N3O4S/c1-6-16-27-26(31)24(7-2)28(17-15-22-11-9-8-10-12-22)25(30)19-29(34(5,32)33)23-14-13-20(3)21(4)18-23/h8-14,18,24H,6-7,15-17,19H2,1-5H3,(H,27,31). The molecule has 2 aromatic carbocycles. The van der Waals surface area contributed by atoms with Gasteiger partial charge in [-0.1, -0.05) is 50.2 Å². The number of sulfonamides is 1. The summed E-state index contributed by atoms with van der Waals surface area (Å²) in [4.78, 5) is 28.0. The normalized spacial score (nSPS) is 12.1. The quantitative estimate of drug-likeness (QED) is 0.497. The van der Waals surface area contributed by atoms with E-state index in [1.807, 2.05) is 64.1 Å². The van der Waals surface area contributed by atoms with Gasteiger partial charge in [0, 0.05) is 13.1 Å². The Morgan fingerprint density at radius 3 is 2.24 bits per heavy atom. The Morgan fingerprint density at radius 1 is 1.00 bits per heavy atom. The summed E-state index contributed by atoms with van der Waals surface area (Å²) >= 11 is 0. The van der Waals surface area contributed by atoms with E-state index in [1.54, 1.807) is 12.1 Å². The number of carbonyl (C=O) groups excluding carboxylic acids is 2. The summed E-state index contributed by atoms with van der Waals surface area (Å²) in [6.07, 6.45) is 2.87. The van der Waals surface area contributed by atoms with E-state index in [0.717, 1.165) is 33.7 Å². The lowest BCUT2D eigenvalue weighted by Crippen LogP contribution is -2.53. The highest BCUT2D eigenvalue weighted by Crippen LogP contribution is 2.22. The maximum Gasteiger partial charge on any atom is 0.244 e. The van der Waals surface area contributed by atoms with Crippen LogP contribution < -0.4 is 9.62 Å². The molecule has 2 amide bonds. The van der Waals surface area contributed by atoms with Crippen molar-refractivity contribution in [1.29, 1.82) is 0 Å². The van der Waals surface area contributed by atoms with E-state index < -0.39 is 22.0 Å². The van der Waals surface area contributed by atoms with Crippen LogP contribution in [-0.2, 0) is 26.0 Å². The van der Waals surface area contributed by atoms with Gasteiger partial charge < -0.3 is 10.2 Å². The minimum atomic E-state index is -3.72. The summed E-state index contributed by atoms with van der Waals surface area (Å²) in [6, 6.07) is 14.4. The van der Waals surface area contributed by atoms with Crippen LogP contribution in [0.25, 0.3) is 0 Å². The summed E-state index contributed by atoms with van der Waals surface area (Å²) in [6.45, 7) is 8.14. The highest BCUT2D eigenvalue weighted by molar-refractivity contribution is 7.92. The molecule has 0 aromatic heterocycles. The van der Waals surface area contributed by atoms with Crippen LogP contribution in [0.2, 0.25) is 0 Å². The molecule has 2 rings (SSSR count). The Hall–Kier alpha value is -2.87. The third kappa shape index (κ3) is 7.58. The molecule has 0 bridgehead atoms. The fraction of sp³-hybridized carbons (Fsp3) is 0.462. The average Bonchev–Trinajstić information content (AvgIpc) is 2.80. The maximum absolute atomic E-state index is 13.6. The number of nitrogens with zero attached hydrogens (tertiary/aromatic N) is 2. The largest absolute Gasteiger partial charge is 0.354 e. The van der Waals surface area contributed by atoms with Crippen LogP contribution >= 0.6 is 0 Å². The molecule has 0 heterocycles. The Labute approximate surface area is 204 Å². The third-order valence-electron chi connectivity index (χ3n) is 5.88. The van der Waals surface area contributed by atoms with Crippen LogP contribution in [0.1, 0.15) is 43.4 Å². The van der Waals surface area contributed by atoms with Crippen LogP contribution in [0.3, 0.4) is 0 Å². The van der Waals surface area contributed by atoms with Crippen molar-refractivity contribution in [3.8, 4) is 0 Å². The Bertz CT molecular complexity index is 1070. The van der Waals surface area contributed by atoms with Crippen molar-refractivity contribution < 1.29 is 18.0 Å². The van der Waals surface area contributed by atoms with Gasteiger partial charge in [0.05, 0.1) is 11.9 Å². The first kappa shape index (κ1) is 27.4. The minimum absolute atomic E-state index is 0.220. The molecule has 34 heavy (non-hydrogen) atoms. The molecule has 2 aromatic rings. The van der Waals surface area contributed by atoms with Gasteiger partial charge in [0.15, 0.2) is 0 Å². The number of amides is 2. The predicted molar refractivity (Wildman–Crippen MR) is 137 cm³/mol. The van der Waals surface area contributed by atoms with Crippen molar-refractivity contribution in [3.63, 3.8) is 0 Å². The molecule has 8 heteroatoms. The number of benzene rings is 2. The van der Waals surface area contributed by atoms with Gasteiger partial charge in [-0.05, 0) is 61.9 Å². The van der Waals surface area contributed by atoms with Gasteiger partial charge in [-0.15, -0.1) is 0 Å². The third-order valence-corrected chi connectivity index (χ3v) is 7.02. The number of hydrogen-bond donors (Lipinski definition) is 1. The first-order valence-corrected chi connectivity index (χ1v) is 13.6. The molecular formula is C26H37N3O4S. The molecule has 0 aliphatic carbocycles. The number of anilines is 1. The first-order valence-electron chi connectivity index (χ1n) is 11.7. The monoisotopic (exact) mass is 487 g/mol. The van der Waals surface area contributed by atoms with Gasteiger partial charge in [0.2, 0.25) is 21.8 Å².